The average molecular weight is 497 g/mol. The summed E-state index contributed by atoms with van der Waals surface area (Å²) in [7, 11) is 0.734. The Morgan fingerprint density at radius 3 is 2.17 bits per heavy atom. The van der Waals surface area contributed by atoms with E-state index in [1.165, 1.54) is 19.3 Å². The van der Waals surface area contributed by atoms with Crippen molar-refractivity contribution in [1.82, 2.24) is 5.10 Å². The van der Waals surface area contributed by atoms with Gasteiger partial charge >= 0.3 is 15.8 Å². The van der Waals surface area contributed by atoms with E-state index in [4.69, 9.17) is 14.6 Å². The van der Waals surface area contributed by atoms with Crippen molar-refractivity contribution >= 4 is 33.9 Å². The highest BCUT2D eigenvalue weighted by atomic mass is 32.2. The van der Waals surface area contributed by atoms with Crippen LogP contribution < -0.4 is 19.4 Å². The number of carboxylic acid groups (broad SMARTS) is 1. The maximum absolute atomic E-state index is 12.0. The molecule has 11 heteroatoms. The van der Waals surface area contributed by atoms with Gasteiger partial charge in [0.2, 0.25) is 5.69 Å². The van der Waals surface area contributed by atoms with E-state index >= 15 is 0 Å². The van der Waals surface area contributed by atoms with Gasteiger partial charge in [-0.15, -0.1) is 0 Å². The molecule has 182 valence electrons. The number of nitrogens with zero attached hydrogens (tertiary/aromatic N) is 4. The van der Waals surface area contributed by atoms with Gasteiger partial charge in [0.25, 0.3) is 5.03 Å². The zero-order chi connectivity index (χ0) is 26.2. The highest BCUT2D eigenvalue weighted by molar-refractivity contribution is 7.85. The van der Waals surface area contributed by atoms with Crippen LogP contribution in [-0.4, -0.2) is 45.2 Å². The van der Waals surface area contributed by atoms with Gasteiger partial charge in [-0.25, -0.2) is 0 Å². The number of hydrogen-bond donors (Lipinski definition) is 1. The van der Waals surface area contributed by atoms with Crippen LogP contribution in [0.3, 0.4) is 0 Å². The van der Waals surface area contributed by atoms with Gasteiger partial charge in [0, 0.05) is 54.6 Å². The topological polar surface area (TPSA) is 148 Å². The average Bonchev–Trinajstić information content (AvgIpc) is 2.81. The van der Waals surface area contributed by atoms with Gasteiger partial charge in [-0.2, -0.15) is 13.7 Å². The molecule has 0 atom stereocenters. The van der Waals surface area contributed by atoms with Crippen LogP contribution in [0.5, 0.6) is 5.75 Å². The van der Waals surface area contributed by atoms with E-state index in [2.05, 4.69) is 5.10 Å². The van der Waals surface area contributed by atoms with E-state index in [1.54, 1.807) is 30.3 Å². The van der Waals surface area contributed by atoms with Crippen LogP contribution in [0.25, 0.3) is 17.8 Å². The Kier molecular flexibility index (Phi) is 9.04. The number of anilines is 1. The van der Waals surface area contributed by atoms with Gasteiger partial charge in [-0.1, -0.05) is 24.3 Å². The summed E-state index contributed by atoms with van der Waals surface area (Å²) in [4.78, 5) is 10.8. The lowest BCUT2D eigenvalue weighted by Crippen LogP contribution is -2.40. The van der Waals surface area contributed by atoms with Gasteiger partial charge in [0.15, 0.2) is 6.07 Å². The third-order valence-corrected chi connectivity index (χ3v) is 5.30. The normalized spacial score (nSPS) is 10.7. The molecule has 0 saturated heterocycles. The quantitative estimate of drug-likeness (QED) is 0.396. The third kappa shape index (κ3) is 7.63. The Hall–Kier alpha value is -4.27. The molecule has 35 heavy (non-hydrogen) atoms. The fourth-order valence-corrected chi connectivity index (χ4v) is 3.47. The van der Waals surface area contributed by atoms with Crippen molar-refractivity contribution < 1.29 is 32.3 Å². The zero-order valence-electron chi connectivity index (χ0n) is 19.5. The highest BCUT2D eigenvalue weighted by Crippen LogP contribution is 2.19. The molecule has 0 aliphatic heterocycles. The van der Waals surface area contributed by atoms with Crippen molar-refractivity contribution in [3.05, 3.63) is 71.4 Å². The van der Waals surface area contributed by atoms with Crippen molar-refractivity contribution in [2.45, 2.75) is 11.9 Å². The number of hydrogen-bond acceptors (Lipinski definition) is 8. The minimum Gasteiger partial charge on any atom is -0.550 e. The molecule has 0 spiro atoms. The smallest absolute Gasteiger partial charge is 0.318 e. The first kappa shape index (κ1) is 27.0. The summed E-state index contributed by atoms with van der Waals surface area (Å²) in [6.07, 6.45) is 3.18. The predicted octanol–water partition coefficient (Wildman–Crippen LogP) is 1.48. The molecular formula is C24H24N4O6S. The fraction of sp³-hybridized carbons (Fsp3) is 0.167. The van der Waals surface area contributed by atoms with Crippen LogP contribution >= 0.6 is 0 Å². The summed E-state index contributed by atoms with van der Waals surface area (Å²) >= 11 is 0. The van der Waals surface area contributed by atoms with Crippen molar-refractivity contribution in [3.8, 4) is 17.5 Å². The second-order valence-corrected chi connectivity index (χ2v) is 8.63. The summed E-state index contributed by atoms with van der Waals surface area (Å²) in [5.41, 5.74) is 2.47. The van der Waals surface area contributed by atoms with Crippen LogP contribution in [-0.2, 0) is 14.9 Å². The first-order chi connectivity index (χ1) is 16.5. The standard InChI is InChI=1S/C22H20N4O4S.C2H4O2/c1-25(2)18-8-5-16(6-9-18)4-7-17-14-20(15-23)26(24-22(17)31(27,28)29)19-10-12-21(30-3)13-11-19;1-2(3)4/h4-14H,1-3H3;1H3,(H,3,4). The maximum atomic E-state index is 12.0. The monoisotopic (exact) mass is 496 g/mol. The number of carboxylic acids is 1. The summed E-state index contributed by atoms with van der Waals surface area (Å²) in [6.45, 7) is 0.972. The van der Waals surface area contributed by atoms with Gasteiger partial charge in [-0.3, -0.25) is 4.55 Å². The highest BCUT2D eigenvalue weighted by Gasteiger charge is 2.27. The molecule has 2 aromatic carbocycles. The van der Waals surface area contributed by atoms with Gasteiger partial charge in [0.05, 0.1) is 7.11 Å². The molecule has 1 N–H and O–H groups in total. The summed E-state index contributed by atoms with van der Waals surface area (Å²) in [5.74, 6) is -0.488. The number of rotatable bonds is 6. The SMILES string of the molecule is CC(=O)[O-].COc1ccc(-[n+]2nc(S(=O)(=O)O)c(/C=C/c3ccc(N(C)C)cc3)cc2C#N)cc1. The number of methoxy groups -OCH3 is 1. The maximum Gasteiger partial charge on any atom is 0.318 e. The van der Waals surface area contributed by atoms with E-state index in [1.807, 2.05) is 49.3 Å². The Balaban J connectivity index is 0.00000100. The van der Waals surface area contributed by atoms with Gasteiger partial charge in [-0.05, 0) is 41.4 Å². The molecule has 10 nitrogen and oxygen atoms in total. The number of ether oxygens (including phenoxy) is 1. The minimum atomic E-state index is -4.65. The number of carbonyl (C=O) groups is 1. The predicted molar refractivity (Wildman–Crippen MR) is 127 cm³/mol. The Morgan fingerprint density at radius 2 is 1.71 bits per heavy atom. The third-order valence-electron chi connectivity index (χ3n) is 4.50. The zero-order valence-corrected chi connectivity index (χ0v) is 20.4. The number of nitriles is 1. The van der Waals surface area contributed by atoms with Crippen molar-refractivity contribution in [2.24, 2.45) is 0 Å². The largest absolute Gasteiger partial charge is 0.550 e. The number of aromatic nitrogens is 2. The van der Waals surface area contributed by atoms with Crippen molar-refractivity contribution in [2.75, 3.05) is 26.1 Å². The molecule has 0 saturated carbocycles. The van der Waals surface area contributed by atoms with Crippen LogP contribution in [0.1, 0.15) is 23.7 Å². The second-order valence-electron chi connectivity index (χ2n) is 7.30. The molecule has 0 radical (unpaired) electrons. The molecule has 0 unspecified atom stereocenters. The lowest BCUT2D eigenvalue weighted by Gasteiger charge is -2.11. The first-order valence-electron chi connectivity index (χ1n) is 10.1. The molecule has 1 aromatic heterocycles. The Labute approximate surface area is 203 Å². The van der Waals surface area contributed by atoms with Crippen molar-refractivity contribution in [3.63, 3.8) is 0 Å². The van der Waals surface area contributed by atoms with Crippen LogP contribution in [0, 0.1) is 11.3 Å². The number of carbonyl (C=O) groups excluding carboxylic acids is 1. The summed E-state index contributed by atoms with van der Waals surface area (Å²) in [5, 5.41) is 22.0. The molecule has 3 aromatic rings. The molecule has 0 fully saturated rings. The minimum absolute atomic E-state index is 0.0974. The van der Waals surface area contributed by atoms with Gasteiger partial charge < -0.3 is 19.5 Å². The molecule has 3 rings (SSSR count). The summed E-state index contributed by atoms with van der Waals surface area (Å²) < 4.78 is 40.0. The van der Waals surface area contributed by atoms with Crippen molar-refractivity contribution in [1.29, 1.82) is 5.26 Å². The van der Waals surface area contributed by atoms with E-state index in [9.17, 15) is 18.2 Å². The first-order valence-corrected chi connectivity index (χ1v) is 11.5. The second kappa shape index (κ2) is 11.7. The molecule has 0 bridgehead atoms. The molecule has 0 aliphatic carbocycles. The molecule has 1 heterocycles. The van der Waals surface area contributed by atoms with E-state index in [0.29, 0.717) is 11.4 Å². The van der Waals surface area contributed by atoms with Gasteiger partial charge in [0.1, 0.15) is 5.75 Å². The molecule has 0 aliphatic rings. The van der Waals surface area contributed by atoms with Crippen LogP contribution in [0.4, 0.5) is 5.69 Å². The molecular weight excluding hydrogens is 472 g/mol. The number of aliphatic carboxylic acids is 1. The Morgan fingerprint density at radius 1 is 1.14 bits per heavy atom. The summed E-state index contributed by atoms with van der Waals surface area (Å²) in [6, 6.07) is 17.5. The van der Waals surface area contributed by atoms with Crippen LogP contribution in [0.2, 0.25) is 0 Å². The van der Waals surface area contributed by atoms with E-state index in [0.717, 1.165) is 22.9 Å². The van der Waals surface area contributed by atoms with Crippen LogP contribution in [0.15, 0.2) is 59.6 Å². The molecule has 0 amide bonds. The Bertz CT molecular complexity index is 1360. The van der Waals surface area contributed by atoms with E-state index in [-0.39, 0.29) is 11.3 Å². The lowest BCUT2D eigenvalue weighted by molar-refractivity contribution is -0.666. The van der Waals surface area contributed by atoms with E-state index < -0.39 is 21.1 Å². The fourth-order valence-electron chi connectivity index (χ4n) is 2.86. The number of benzene rings is 2. The lowest BCUT2D eigenvalue weighted by atomic mass is 10.1.